The minimum Gasteiger partial charge on any atom is -0.391 e. The van der Waals surface area contributed by atoms with E-state index in [1.165, 1.54) is 12.8 Å². The van der Waals surface area contributed by atoms with Crippen LogP contribution in [-0.4, -0.2) is 91.3 Å². The highest BCUT2D eigenvalue weighted by molar-refractivity contribution is 5.74. The molecule has 0 bridgehead atoms. The summed E-state index contributed by atoms with van der Waals surface area (Å²) < 4.78 is 0. The molecule has 2 aliphatic heterocycles. The quantitative estimate of drug-likeness (QED) is 0.777. The standard InChI is InChI=1S/C15H30N4O2/c1-17(2)13-5-9-18(10-6-13)11-7-16-15(21)19-8-3-4-14(20)12-19/h13-14,20H,3-12H2,1-2H3,(H,16,21). The average molecular weight is 298 g/mol. The summed E-state index contributed by atoms with van der Waals surface area (Å²) in [4.78, 5) is 18.5. The van der Waals surface area contributed by atoms with Crippen molar-refractivity contribution in [3.05, 3.63) is 0 Å². The predicted molar refractivity (Wildman–Crippen MR) is 83.4 cm³/mol. The predicted octanol–water partition coefficient (Wildman–Crippen LogP) is 0.179. The molecule has 2 aliphatic rings. The van der Waals surface area contributed by atoms with Gasteiger partial charge in [-0.2, -0.15) is 0 Å². The van der Waals surface area contributed by atoms with E-state index in [0.29, 0.717) is 19.1 Å². The minimum absolute atomic E-state index is 0.0306. The average Bonchev–Trinajstić information content (AvgIpc) is 2.47. The Morgan fingerprint density at radius 3 is 2.57 bits per heavy atom. The summed E-state index contributed by atoms with van der Waals surface area (Å²) in [6.07, 6.45) is 3.77. The molecule has 6 nitrogen and oxygen atoms in total. The van der Waals surface area contributed by atoms with Crippen LogP contribution < -0.4 is 5.32 Å². The molecule has 2 rings (SSSR count). The Morgan fingerprint density at radius 1 is 1.24 bits per heavy atom. The lowest BCUT2D eigenvalue weighted by molar-refractivity contribution is 0.0837. The minimum atomic E-state index is -0.352. The summed E-state index contributed by atoms with van der Waals surface area (Å²) in [5.74, 6) is 0. The molecule has 0 radical (unpaired) electrons. The molecule has 1 unspecified atom stereocenters. The zero-order valence-electron chi connectivity index (χ0n) is 13.4. The van der Waals surface area contributed by atoms with E-state index in [1.54, 1.807) is 4.90 Å². The molecule has 21 heavy (non-hydrogen) atoms. The van der Waals surface area contributed by atoms with Gasteiger partial charge in [0.05, 0.1) is 6.10 Å². The molecular weight excluding hydrogens is 268 g/mol. The fraction of sp³-hybridized carbons (Fsp3) is 0.933. The van der Waals surface area contributed by atoms with Crippen LogP contribution in [0.3, 0.4) is 0 Å². The maximum Gasteiger partial charge on any atom is 0.317 e. The molecule has 1 atom stereocenters. The maximum atomic E-state index is 12.0. The van der Waals surface area contributed by atoms with Crippen LogP contribution in [0, 0.1) is 0 Å². The van der Waals surface area contributed by atoms with Crippen LogP contribution in [-0.2, 0) is 0 Å². The van der Waals surface area contributed by atoms with Crippen molar-refractivity contribution < 1.29 is 9.90 Å². The molecule has 0 aromatic rings. The van der Waals surface area contributed by atoms with Crippen molar-refractivity contribution in [1.82, 2.24) is 20.0 Å². The Bertz CT molecular complexity index is 330. The Morgan fingerprint density at radius 2 is 1.95 bits per heavy atom. The number of carbonyl (C=O) groups excluding carboxylic acids is 1. The summed E-state index contributed by atoms with van der Waals surface area (Å²) in [6, 6.07) is 0.669. The lowest BCUT2D eigenvalue weighted by Crippen LogP contribution is -2.49. The van der Waals surface area contributed by atoms with E-state index in [-0.39, 0.29) is 12.1 Å². The van der Waals surface area contributed by atoms with Gasteiger partial charge in [-0.25, -0.2) is 4.79 Å². The first-order valence-corrected chi connectivity index (χ1v) is 8.16. The van der Waals surface area contributed by atoms with E-state index in [0.717, 1.165) is 39.0 Å². The van der Waals surface area contributed by atoms with E-state index in [9.17, 15) is 9.90 Å². The molecule has 0 aliphatic carbocycles. The van der Waals surface area contributed by atoms with Crippen molar-refractivity contribution in [3.8, 4) is 0 Å². The van der Waals surface area contributed by atoms with Crippen LogP contribution in [0.15, 0.2) is 0 Å². The number of urea groups is 1. The fourth-order valence-electron chi connectivity index (χ4n) is 3.23. The second-order valence-electron chi connectivity index (χ2n) is 6.51. The number of aliphatic hydroxyl groups excluding tert-OH is 1. The topological polar surface area (TPSA) is 59.0 Å². The SMILES string of the molecule is CN(C)C1CCN(CCNC(=O)N2CCCC(O)C2)CC1. The van der Waals surface area contributed by atoms with Gasteiger partial charge >= 0.3 is 6.03 Å². The van der Waals surface area contributed by atoms with Gasteiger partial charge in [-0.3, -0.25) is 0 Å². The largest absolute Gasteiger partial charge is 0.391 e. The smallest absolute Gasteiger partial charge is 0.317 e. The van der Waals surface area contributed by atoms with Gasteiger partial charge in [-0.05, 0) is 52.9 Å². The number of rotatable bonds is 4. The monoisotopic (exact) mass is 298 g/mol. The molecule has 0 spiro atoms. The normalized spacial score (nSPS) is 25.3. The van der Waals surface area contributed by atoms with Gasteiger partial charge in [0.15, 0.2) is 0 Å². The molecular formula is C15H30N4O2. The van der Waals surface area contributed by atoms with E-state index >= 15 is 0 Å². The number of aliphatic hydroxyl groups is 1. The third kappa shape index (κ3) is 5.13. The van der Waals surface area contributed by atoms with E-state index in [2.05, 4.69) is 29.2 Å². The summed E-state index contributed by atoms with van der Waals surface area (Å²) in [5.41, 5.74) is 0. The van der Waals surface area contributed by atoms with Gasteiger partial charge in [0.25, 0.3) is 0 Å². The Kier molecular flexibility index (Phi) is 6.26. The highest BCUT2D eigenvalue weighted by Gasteiger charge is 2.23. The lowest BCUT2D eigenvalue weighted by atomic mass is 10.0. The second kappa shape index (κ2) is 7.96. The molecule has 0 aromatic carbocycles. The number of carbonyl (C=O) groups is 1. The molecule has 6 heteroatoms. The van der Waals surface area contributed by atoms with Crippen LogP contribution >= 0.6 is 0 Å². The van der Waals surface area contributed by atoms with Gasteiger partial charge in [-0.1, -0.05) is 0 Å². The van der Waals surface area contributed by atoms with Gasteiger partial charge < -0.3 is 25.1 Å². The molecule has 122 valence electrons. The summed E-state index contributed by atoms with van der Waals surface area (Å²) in [6.45, 7) is 5.07. The van der Waals surface area contributed by atoms with Crippen molar-refractivity contribution in [2.45, 2.75) is 37.8 Å². The van der Waals surface area contributed by atoms with Crippen molar-refractivity contribution in [2.24, 2.45) is 0 Å². The van der Waals surface area contributed by atoms with E-state index < -0.39 is 0 Å². The number of nitrogens with zero attached hydrogens (tertiary/aromatic N) is 3. The highest BCUT2D eigenvalue weighted by atomic mass is 16.3. The van der Waals surface area contributed by atoms with Gasteiger partial charge in [0, 0.05) is 32.2 Å². The third-order valence-corrected chi connectivity index (χ3v) is 4.68. The van der Waals surface area contributed by atoms with E-state index in [1.807, 2.05) is 0 Å². The Hall–Kier alpha value is -0.850. The van der Waals surface area contributed by atoms with Crippen LogP contribution in [0.5, 0.6) is 0 Å². The lowest BCUT2D eigenvalue weighted by Gasteiger charge is -2.35. The van der Waals surface area contributed by atoms with Crippen LogP contribution in [0.2, 0.25) is 0 Å². The summed E-state index contributed by atoms with van der Waals surface area (Å²) >= 11 is 0. The Labute approximate surface area is 128 Å². The zero-order valence-corrected chi connectivity index (χ0v) is 13.4. The number of hydrogen-bond donors (Lipinski definition) is 2. The maximum absolute atomic E-state index is 12.0. The van der Waals surface area contributed by atoms with Crippen LogP contribution in [0.1, 0.15) is 25.7 Å². The van der Waals surface area contributed by atoms with Crippen molar-refractivity contribution in [1.29, 1.82) is 0 Å². The van der Waals surface area contributed by atoms with Crippen molar-refractivity contribution in [3.63, 3.8) is 0 Å². The van der Waals surface area contributed by atoms with Gasteiger partial charge in [0.1, 0.15) is 0 Å². The first-order valence-electron chi connectivity index (χ1n) is 8.16. The molecule has 2 saturated heterocycles. The first-order chi connectivity index (χ1) is 10.1. The number of hydrogen-bond acceptors (Lipinski definition) is 4. The van der Waals surface area contributed by atoms with Crippen LogP contribution in [0.25, 0.3) is 0 Å². The molecule has 2 heterocycles. The highest BCUT2D eigenvalue weighted by Crippen LogP contribution is 2.13. The van der Waals surface area contributed by atoms with Crippen molar-refractivity contribution >= 4 is 6.03 Å². The third-order valence-electron chi connectivity index (χ3n) is 4.68. The zero-order chi connectivity index (χ0) is 15.2. The fourth-order valence-corrected chi connectivity index (χ4v) is 3.23. The molecule has 2 fully saturated rings. The number of nitrogens with one attached hydrogen (secondary N) is 1. The molecule has 0 saturated carbocycles. The number of β-amino-alcohol motifs (C(OH)–C–C–N with tert-alkyl or cyclic N) is 1. The molecule has 2 amide bonds. The van der Waals surface area contributed by atoms with Crippen LogP contribution in [0.4, 0.5) is 4.79 Å². The summed E-state index contributed by atoms with van der Waals surface area (Å²) in [5, 5.41) is 12.6. The van der Waals surface area contributed by atoms with Gasteiger partial charge in [-0.15, -0.1) is 0 Å². The summed E-state index contributed by atoms with van der Waals surface area (Å²) in [7, 11) is 4.29. The Balaban J connectivity index is 1.60. The van der Waals surface area contributed by atoms with E-state index in [4.69, 9.17) is 0 Å². The number of piperidine rings is 2. The molecule has 0 aromatic heterocycles. The van der Waals surface area contributed by atoms with Crippen molar-refractivity contribution in [2.75, 3.05) is 53.4 Å². The number of amides is 2. The first kappa shape index (κ1) is 16.5. The van der Waals surface area contributed by atoms with Gasteiger partial charge in [0.2, 0.25) is 0 Å². The second-order valence-corrected chi connectivity index (χ2v) is 6.51. The molecule has 2 N–H and O–H groups in total. The number of likely N-dealkylation sites (tertiary alicyclic amines) is 2.